The molecule has 3 N–H and O–H groups in total. The zero-order valence-electron chi connectivity index (χ0n) is 9.69. The highest BCUT2D eigenvalue weighted by molar-refractivity contribution is 5.78. The van der Waals surface area contributed by atoms with Crippen LogP contribution in [0.2, 0.25) is 0 Å². The molecule has 2 amide bonds. The molecule has 0 unspecified atom stereocenters. The molecule has 0 saturated carbocycles. The minimum absolute atomic E-state index is 0.0530. The fourth-order valence-corrected chi connectivity index (χ4v) is 1.38. The first-order valence-electron chi connectivity index (χ1n) is 5.63. The lowest BCUT2D eigenvalue weighted by Gasteiger charge is -2.04. The number of nitrogens with one attached hydrogen (secondary N) is 1. The van der Waals surface area contributed by atoms with Gasteiger partial charge in [-0.15, -0.1) is 0 Å². The lowest BCUT2D eigenvalue weighted by Crippen LogP contribution is -2.26. The number of rotatable bonds is 7. The van der Waals surface area contributed by atoms with Crippen molar-refractivity contribution in [2.45, 2.75) is 25.7 Å². The van der Waals surface area contributed by atoms with Gasteiger partial charge in [0.1, 0.15) is 0 Å². The van der Waals surface area contributed by atoms with Crippen LogP contribution < -0.4 is 11.1 Å². The quantitative estimate of drug-likeness (QED) is 0.671. The summed E-state index contributed by atoms with van der Waals surface area (Å²) in [7, 11) is 0. The summed E-state index contributed by atoms with van der Waals surface area (Å²) in [6.07, 6.45) is 3.79. The lowest BCUT2D eigenvalue weighted by atomic mass is 10.2. The molecule has 1 aromatic heterocycles. The third-order valence-corrected chi connectivity index (χ3v) is 2.24. The Morgan fingerprint density at radius 1 is 1.29 bits per heavy atom. The number of primary amides is 1. The summed E-state index contributed by atoms with van der Waals surface area (Å²) < 4.78 is 0. The van der Waals surface area contributed by atoms with Crippen molar-refractivity contribution in [3.05, 3.63) is 30.1 Å². The molecule has 5 nitrogen and oxygen atoms in total. The maximum absolute atomic E-state index is 11.5. The number of carbonyl (C=O) groups excluding carboxylic acids is 2. The molecule has 1 heterocycles. The van der Waals surface area contributed by atoms with Gasteiger partial charge >= 0.3 is 0 Å². The molecular weight excluding hydrogens is 218 g/mol. The van der Waals surface area contributed by atoms with Crippen LogP contribution in [0.3, 0.4) is 0 Å². The average Bonchev–Trinajstić information content (AvgIpc) is 2.29. The van der Waals surface area contributed by atoms with Gasteiger partial charge in [0.05, 0.1) is 6.42 Å². The Morgan fingerprint density at radius 2 is 2.12 bits per heavy atom. The number of pyridine rings is 1. The highest BCUT2D eigenvalue weighted by Crippen LogP contribution is 1.95. The molecule has 17 heavy (non-hydrogen) atoms. The van der Waals surface area contributed by atoms with E-state index in [0.29, 0.717) is 19.4 Å². The minimum Gasteiger partial charge on any atom is -0.370 e. The van der Waals surface area contributed by atoms with Crippen LogP contribution in [0.4, 0.5) is 0 Å². The van der Waals surface area contributed by atoms with Gasteiger partial charge < -0.3 is 11.1 Å². The van der Waals surface area contributed by atoms with Crippen LogP contribution in [0.5, 0.6) is 0 Å². The van der Waals surface area contributed by atoms with Gasteiger partial charge in [0.15, 0.2) is 0 Å². The van der Waals surface area contributed by atoms with Gasteiger partial charge in [0.25, 0.3) is 0 Å². The third kappa shape index (κ3) is 6.29. The molecule has 1 rings (SSSR count). The van der Waals surface area contributed by atoms with Crippen molar-refractivity contribution in [3.8, 4) is 0 Å². The van der Waals surface area contributed by atoms with Crippen LogP contribution in [0.25, 0.3) is 0 Å². The Hall–Kier alpha value is -1.91. The predicted octanol–water partition coefficient (Wildman–Crippen LogP) is 0.396. The fraction of sp³-hybridized carbons (Fsp3) is 0.417. The zero-order valence-corrected chi connectivity index (χ0v) is 9.69. The first-order chi connectivity index (χ1) is 8.18. The van der Waals surface area contributed by atoms with Gasteiger partial charge in [-0.1, -0.05) is 6.07 Å². The van der Waals surface area contributed by atoms with E-state index in [1.54, 1.807) is 6.20 Å². The molecule has 92 valence electrons. The summed E-state index contributed by atoms with van der Waals surface area (Å²) in [5.74, 6) is -0.354. The number of amides is 2. The molecule has 1 aromatic rings. The minimum atomic E-state index is -0.301. The number of nitrogens with zero attached hydrogens (tertiary/aromatic N) is 1. The largest absolute Gasteiger partial charge is 0.370 e. The molecular formula is C12H17N3O2. The fourth-order valence-electron chi connectivity index (χ4n) is 1.38. The second-order valence-corrected chi connectivity index (χ2v) is 3.77. The van der Waals surface area contributed by atoms with E-state index in [2.05, 4.69) is 10.3 Å². The second kappa shape index (κ2) is 7.38. The first-order valence-corrected chi connectivity index (χ1v) is 5.63. The van der Waals surface area contributed by atoms with Crippen LogP contribution >= 0.6 is 0 Å². The summed E-state index contributed by atoms with van der Waals surface area (Å²) in [5.41, 5.74) is 5.75. The number of nitrogens with two attached hydrogens (primary N) is 1. The van der Waals surface area contributed by atoms with Crippen molar-refractivity contribution in [3.63, 3.8) is 0 Å². The summed E-state index contributed by atoms with van der Waals surface area (Å²) >= 11 is 0. The monoisotopic (exact) mass is 235 g/mol. The van der Waals surface area contributed by atoms with Crippen molar-refractivity contribution < 1.29 is 9.59 Å². The van der Waals surface area contributed by atoms with Crippen molar-refractivity contribution in [1.29, 1.82) is 0 Å². The molecule has 0 radical (unpaired) electrons. The summed E-state index contributed by atoms with van der Waals surface area (Å²) in [6.45, 7) is 0.568. The Kier molecular flexibility index (Phi) is 5.71. The van der Waals surface area contributed by atoms with Gasteiger partial charge in [-0.05, 0) is 25.0 Å². The average molecular weight is 235 g/mol. The molecule has 0 bridgehead atoms. The van der Waals surface area contributed by atoms with Crippen molar-refractivity contribution in [2.24, 2.45) is 5.73 Å². The normalized spacial score (nSPS) is 9.88. The van der Waals surface area contributed by atoms with Gasteiger partial charge in [0.2, 0.25) is 11.8 Å². The highest BCUT2D eigenvalue weighted by Gasteiger charge is 2.03. The van der Waals surface area contributed by atoms with Crippen LogP contribution in [-0.4, -0.2) is 23.3 Å². The van der Waals surface area contributed by atoms with Crippen molar-refractivity contribution in [1.82, 2.24) is 10.3 Å². The number of aromatic nitrogens is 1. The topological polar surface area (TPSA) is 85.1 Å². The number of hydrogen-bond donors (Lipinski definition) is 2. The summed E-state index contributed by atoms with van der Waals surface area (Å²) in [6, 6.07) is 5.47. The molecule has 0 aliphatic carbocycles. The molecule has 0 saturated heterocycles. The molecule has 0 aliphatic heterocycles. The Balaban J connectivity index is 2.12. The zero-order chi connectivity index (χ0) is 12.5. The van der Waals surface area contributed by atoms with Gasteiger partial charge in [0, 0.05) is 24.9 Å². The highest BCUT2D eigenvalue weighted by atomic mass is 16.1. The molecule has 0 aliphatic rings. The molecule has 0 atom stereocenters. The van der Waals surface area contributed by atoms with Crippen LogP contribution in [0.1, 0.15) is 25.0 Å². The van der Waals surface area contributed by atoms with E-state index in [4.69, 9.17) is 5.73 Å². The van der Waals surface area contributed by atoms with Crippen molar-refractivity contribution in [2.75, 3.05) is 6.54 Å². The number of carbonyl (C=O) groups is 2. The molecule has 0 aromatic carbocycles. The van der Waals surface area contributed by atoms with Crippen molar-refractivity contribution >= 4 is 11.8 Å². The van der Waals surface area contributed by atoms with E-state index in [1.165, 1.54) is 0 Å². The molecule has 5 heteroatoms. The van der Waals surface area contributed by atoms with Gasteiger partial charge in [-0.2, -0.15) is 0 Å². The first kappa shape index (κ1) is 13.2. The van der Waals surface area contributed by atoms with Gasteiger partial charge in [-0.3, -0.25) is 14.6 Å². The molecule has 0 fully saturated rings. The van der Waals surface area contributed by atoms with Crippen LogP contribution in [-0.2, 0) is 16.0 Å². The second-order valence-electron chi connectivity index (χ2n) is 3.77. The standard InChI is InChI=1S/C12H17N3O2/c13-11(16)6-2-4-8-15-12(17)9-10-5-1-3-7-14-10/h1,3,5,7H,2,4,6,8-9H2,(H2,13,16)(H,15,17). The van der Waals surface area contributed by atoms with E-state index < -0.39 is 0 Å². The maximum Gasteiger partial charge on any atom is 0.226 e. The van der Waals surface area contributed by atoms with E-state index in [-0.39, 0.29) is 18.2 Å². The molecule has 0 spiro atoms. The number of unbranched alkanes of at least 4 members (excludes halogenated alkanes) is 1. The lowest BCUT2D eigenvalue weighted by molar-refractivity contribution is -0.120. The third-order valence-electron chi connectivity index (χ3n) is 2.24. The van der Waals surface area contributed by atoms with Gasteiger partial charge in [-0.25, -0.2) is 0 Å². The van der Waals surface area contributed by atoms with Crippen LogP contribution in [0.15, 0.2) is 24.4 Å². The smallest absolute Gasteiger partial charge is 0.226 e. The summed E-state index contributed by atoms with van der Waals surface area (Å²) in [5, 5.41) is 2.77. The Labute approximate surface area is 100 Å². The Morgan fingerprint density at radius 3 is 2.76 bits per heavy atom. The number of hydrogen-bond acceptors (Lipinski definition) is 3. The summed E-state index contributed by atoms with van der Waals surface area (Å²) in [4.78, 5) is 26.0. The Bertz CT molecular complexity index is 365. The SMILES string of the molecule is NC(=O)CCCCNC(=O)Cc1ccccn1. The maximum atomic E-state index is 11.5. The predicted molar refractivity (Wildman–Crippen MR) is 64.0 cm³/mol. The van der Waals surface area contributed by atoms with E-state index in [1.807, 2.05) is 18.2 Å². The van der Waals surface area contributed by atoms with Crippen LogP contribution in [0, 0.1) is 0 Å². The van der Waals surface area contributed by atoms with E-state index in [9.17, 15) is 9.59 Å². The van der Waals surface area contributed by atoms with E-state index in [0.717, 1.165) is 12.1 Å². The van der Waals surface area contributed by atoms with E-state index >= 15 is 0 Å².